The van der Waals surface area contributed by atoms with Crippen molar-refractivity contribution >= 4 is 21.6 Å². The van der Waals surface area contributed by atoms with Crippen LogP contribution >= 0.6 is 15.9 Å². The summed E-state index contributed by atoms with van der Waals surface area (Å²) in [6.07, 6.45) is 0.983. The molecule has 1 fully saturated rings. The molecule has 1 unspecified atom stereocenters. The van der Waals surface area contributed by atoms with Gasteiger partial charge < -0.3 is 10.1 Å². The van der Waals surface area contributed by atoms with Gasteiger partial charge in [-0.2, -0.15) is 0 Å². The van der Waals surface area contributed by atoms with Gasteiger partial charge in [-0.3, -0.25) is 0 Å². The molecule has 1 N–H and O–H groups in total. The number of aryl methyl sites for hydroxylation is 1. The van der Waals surface area contributed by atoms with Crippen molar-refractivity contribution < 1.29 is 9.13 Å². The average molecular weight is 274 g/mol. The maximum absolute atomic E-state index is 13.3. The number of rotatable bonds is 2. The Labute approximate surface area is 96.9 Å². The summed E-state index contributed by atoms with van der Waals surface area (Å²) >= 11 is 3.17. The van der Waals surface area contributed by atoms with Crippen LogP contribution in [0, 0.1) is 12.7 Å². The second-order valence-corrected chi connectivity index (χ2v) is 4.64. The maximum atomic E-state index is 13.3. The van der Waals surface area contributed by atoms with Crippen molar-refractivity contribution in [1.29, 1.82) is 0 Å². The number of hydrogen-bond acceptors (Lipinski definition) is 2. The molecule has 1 aliphatic rings. The second-order valence-electron chi connectivity index (χ2n) is 3.79. The molecule has 0 aromatic heterocycles. The van der Waals surface area contributed by atoms with Crippen molar-refractivity contribution in [3.8, 4) is 0 Å². The van der Waals surface area contributed by atoms with Crippen LogP contribution in [0.15, 0.2) is 16.6 Å². The van der Waals surface area contributed by atoms with E-state index in [0.717, 1.165) is 24.3 Å². The largest absolute Gasteiger partial charge is 0.380 e. The molecule has 1 atom stereocenters. The van der Waals surface area contributed by atoms with Crippen molar-refractivity contribution in [3.05, 3.63) is 28.0 Å². The summed E-state index contributed by atoms with van der Waals surface area (Å²) in [7, 11) is 0. The SMILES string of the molecule is Cc1cc(Br)c(F)cc1NC1CCOC1. The molecule has 0 saturated carbocycles. The first-order valence-electron chi connectivity index (χ1n) is 4.97. The third-order valence-corrected chi connectivity index (χ3v) is 3.16. The third kappa shape index (κ3) is 2.49. The van der Waals surface area contributed by atoms with E-state index >= 15 is 0 Å². The Kier molecular flexibility index (Phi) is 3.26. The Hall–Kier alpha value is -0.610. The highest BCUT2D eigenvalue weighted by Gasteiger charge is 2.16. The molecule has 15 heavy (non-hydrogen) atoms. The van der Waals surface area contributed by atoms with E-state index in [-0.39, 0.29) is 5.82 Å². The minimum Gasteiger partial charge on any atom is -0.380 e. The molecule has 1 aromatic carbocycles. The van der Waals surface area contributed by atoms with Crippen LogP contribution in [-0.2, 0) is 4.74 Å². The summed E-state index contributed by atoms with van der Waals surface area (Å²) in [6.45, 7) is 3.45. The van der Waals surface area contributed by atoms with E-state index < -0.39 is 0 Å². The molecular formula is C11H13BrFNO. The first-order valence-corrected chi connectivity index (χ1v) is 5.76. The number of hydrogen-bond donors (Lipinski definition) is 1. The molecule has 82 valence electrons. The van der Waals surface area contributed by atoms with Gasteiger partial charge in [0.2, 0.25) is 0 Å². The van der Waals surface area contributed by atoms with Gasteiger partial charge in [0.25, 0.3) is 0 Å². The molecule has 2 rings (SSSR count). The van der Waals surface area contributed by atoms with Crippen LogP contribution < -0.4 is 5.32 Å². The molecular weight excluding hydrogens is 261 g/mol. The van der Waals surface area contributed by atoms with E-state index in [1.165, 1.54) is 6.07 Å². The van der Waals surface area contributed by atoms with Gasteiger partial charge in [-0.1, -0.05) is 0 Å². The molecule has 1 heterocycles. The van der Waals surface area contributed by atoms with Gasteiger partial charge in [0.1, 0.15) is 5.82 Å². The lowest BCUT2D eigenvalue weighted by Crippen LogP contribution is -2.19. The van der Waals surface area contributed by atoms with E-state index in [4.69, 9.17) is 4.74 Å². The molecule has 4 heteroatoms. The van der Waals surface area contributed by atoms with Gasteiger partial charge in [0.15, 0.2) is 0 Å². The predicted molar refractivity (Wildman–Crippen MR) is 61.7 cm³/mol. The Morgan fingerprint density at radius 2 is 2.33 bits per heavy atom. The van der Waals surface area contributed by atoms with E-state index in [9.17, 15) is 4.39 Å². The number of ether oxygens (including phenoxy) is 1. The fourth-order valence-electron chi connectivity index (χ4n) is 1.67. The van der Waals surface area contributed by atoms with E-state index in [2.05, 4.69) is 21.2 Å². The summed E-state index contributed by atoms with van der Waals surface area (Å²) in [4.78, 5) is 0. The summed E-state index contributed by atoms with van der Waals surface area (Å²) < 4.78 is 19.1. The summed E-state index contributed by atoms with van der Waals surface area (Å²) in [6, 6.07) is 3.62. The van der Waals surface area contributed by atoms with Gasteiger partial charge in [0, 0.05) is 12.3 Å². The van der Waals surface area contributed by atoms with Crippen LogP contribution in [0.4, 0.5) is 10.1 Å². The Bertz CT molecular complexity index is 364. The summed E-state index contributed by atoms with van der Waals surface area (Å²) in [5, 5.41) is 3.29. The van der Waals surface area contributed by atoms with E-state index in [0.29, 0.717) is 17.1 Å². The highest BCUT2D eigenvalue weighted by atomic mass is 79.9. The van der Waals surface area contributed by atoms with Crippen LogP contribution in [-0.4, -0.2) is 19.3 Å². The molecule has 1 aliphatic heterocycles. The second kappa shape index (κ2) is 4.49. The zero-order chi connectivity index (χ0) is 10.8. The summed E-state index contributed by atoms with van der Waals surface area (Å²) in [5.74, 6) is -0.234. The average Bonchev–Trinajstić information content (AvgIpc) is 2.67. The van der Waals surface area contributed by atoms with Crippen molar-refractivity contribution in [2.24, 2.45) is 0 Å². The van der Waals surface area contributed by atoms with Crippen molar-refractivity contribution in [2.45, 2.75) is 19.4 Å². The number of anilines is 1. The smallest absolute Gasteiger partial charge is 0.139 e. The lowest BCUT2D eigenvalue weighted by Gasteiger charge is -2.15. The van der Waals surface area contributed by atoms with Crippen LogP contribution in [0.2, 0.25) is 0 Å². The predicted octanol–water partition coefficient (Wildman–Crippen LogP) is 3.10. The maximum Gasteiger partial charge on any atom is 0.139 e. The molecule has 0 spiro atoms. The number of benzene rings is 1. The normalized spacial score (nSPS) is 20.6. The standard InChI is InChI=1S/C11H13BrFNO/c1-7-4-9(12)10(13)5-11(7)14-8-2-3-15-6-8/h4-5,8,14H,2-3,6H2,1H3. The highest BCUT2D eigenvalue weighted by molar-refractivity contribution is 9.10. The highest BCUT2D eigenvalue weighted by Crippen LogP contribution is 2.25. The van der Waals surface area contributed by atoms with Crippen LogP contribution in [0.25, 0.3) is 0 Å². The fourth-order valence-corrected chi connectivity index (χ4v) is 2.13. The zero-order valence-corrected chi connectivity index (χ0v) is 10.1. The quantitative estimate of drug-likeness (QED) is 0.894. The molecule has 1 saturated heterocycles. The monoisotopic (exact) mass is 273 g/mol. The van der Waals surface area contributed by atoms with Gasteiger partial charge in [0.05, 0.1) is 17.1 Å². The van der Waals surface area contributed by atoms with E-state index in [1.807, 2.05) is 6.92 Å². The van der Waals surface area contributed by atoms with Gasteiger partial charge in [-0.05, 0) is 47.0 Å². The first kappa shape index (κ1) is 10.9. The Morgan fingerprint density at radius 1 is 1.53 bits per heavy atom. The van der Waals surface area contributed by atoms with Gasteiger partial charge >= 0.3 is 0 Å². The topological polar surface area (TPSA) is 21.3 Å². The van der Waals surface area contributed by atoms with Gasteiger partial charge in [-0.15, -0.1) is 0 Å². The fraction of sp³-hybridized carbons (Fsp3) is 0.455. The van der Waals surface area contributed by atoms with Crippen LogP contribution in [0.5, 0.6) is 0 Å². The van der Waals surface area contributed by atoms with E-state index in [1.54, 1.807) is 6.07 Å². The summed E-state index contributed by atoms with van der Waals surface area (Å²) in [5.41, 5.74) is 1.89. The third-order valence-electron chi connectivity index (χ3n) is 2.56. The van der Waals surface area contributed by atoms with Crippen molar-refractivity contribution in [1.82, 2.24) is 0 Å². The Morgan fingerprint density at radius 3 is 3.00 bits per heavy atom. The Balaban J connectivity index is 2.16. The minimum atomic E-state index is -0.234. The van der Waals surface area contributed by atoms with Crippen LogP contribution in [0.1, 0.15) is 12.0 Å². The molecule has 0 bridgehead atoms. The lowest BCUT2D eigenvalue weighted by molar-refractivity contribution is 0.195. The van der Waals surface area contributed by atoms with Crippen LogP contribution in [0.3, 0.4) is 0 Å². The van der Waals surface area contributed by atoms with Crippen molar-refractivity contribution in [3.63, 3.8) is 0 Å². The lowest BCUT2D eigenvalue weighted by atomic mass is 10.1. The first-order chi connectivity index (χ1) is 7.16. The van der Waals surface area contributed by atoms with Crippen molar-refractivity contribution in [2.75, 3.05) is 18.5 Å². The zero-order valence-electron chi connectivity index (χ0n) is 8.52. The number of halogens is 2. The molecule has 0 radical (unpaired) electrons. The molecule has 2 nitrogen and oxygen atoms in total. The number of nitrogens with one attached hydrogen (secondary N) is 1. The molecule has 0 aliphatic carbocycles. The molecule has 0 amide bonds. The molecule has 1 aromatic rings. The van der Waals surface area contributed by atoms with Gasteiger partial charge in [-0.25, -0.2) is 4.39 Å². The minimum absolute atomic E-state index is 0.234.